The first-order chi connectivity index (χ1) is 9.97. The van der Waals surface area contributed by atoms with Gasteiger partial charge >= 0.3 is 0 Å². The molecule has 2 aromatic rings. The van der Waals surface area contributed by atoms with Gasteiger partial charge in [-0.25, -0.2) is 8.78 Å². The minimum Gasteiger partial charge on any atom is -0.300 e. The van der Waals surface area contributed by atoms with Gasteiger partial charge in [0.05, 0.1) is 24.0 Å². The van der Waals surface area contributed by atoms with Crippen molar-refractivity contribution in [2.45, 2.75) is 13.5 Å². The van der Waals surface area contributed by atoms with Gasteiger partial charge in [-0.15, -0.1) is 0 Å². The second-order valence-electron chi connectivity index (χ2n) is 4.85. The van der Waals surface area contributed by atoms with E-state index in [0.29, 0.717) is 16.8 Å². The van der Waals surface area contributed by atoms with Crippen LogP contribution in [0.4, 0.5) is 14.5 Å². The molecule has 0 unspecified atom stereocenters. The number of hydrogen-bond donors (Lipinski definition) is 0. The highest BCUT2D eigenvalue weighted by Gasteiger charge is 2.37. The minimum atomic E-state index is -0.753. The van der Waals surface area contributed by atoms with E-state index in [1.807, 2.05) is 0 Å². The Labute approximate surface area is 119 Å². The molecule has 106 valence electrons. The van der Waals surface area contributed by atoms with Crippen LogP contribution in [0.25, 0.3) is 0 Å². The molecule has 0 atom stereocenters. The Balaban J connectivity index is 2.05. The Morgan fingerprint density at radius 1 is 1.10 bits per heavy atom. The van der Waals surface area contributed by atoms with E-state index in [-0.39, 0.29) is 12.1 Å². The fourth-order valence-electron chi connectivity index (χ4n) is 2.48. The molecule has 2 heterocycles. The van der Waals surface area contributed by atoms with Crippen LogP contribution >= 0.6 is 0 Å². The van der Waals surface area contributed by atoms with Crippen molar-refractivity contribution in [2.24, 2.45) is 0 Å². The van der Waals surface area contributed by atoms with Crippen LogP contribution in [-0.4, -0.2) is 16.7 Å². The number of anilines is 1. The SMILES string of the molecule is Cc1cc(F)cc2c1N(Cc1cncc(F)c1)C(=O)C2=O. The summed E-state index contributed by atoms with van der Waals surface area (Å²) >= 11 is 0. The average molecular weight is 288 g/mol. The van der Waals surface area contributed by atoms with Crippen LogP contribution in [0.2, 0.25) is 0 Å². The molecule has 0 saturated heterocycles. The fourth-order valence-corrected chi connectivity index (χ4v) is 2.48. The highest BCUT2D eigenvalue weighted by molar-refractivity contribution is 6.52. The number of benzene rings is 1. The number of hydrogen-bond acceptors (Lipinski definition) is 3. The number of nitrogens with zero attached hydrogens (tertiary/aromatic N) is 2. The van der Waals surface area contributed by atoms with Crippen LogP contribution in [0.1, 0.15) is 21.5 Å². The lowest BCUT2D eigenvalue weighted by Crippen LogP contribution is -2.29. The van der Waals surface area contributed by atoms with Crippen LogP contribution < -0.4 is 4.90 Å². The molecule has 0 saturated carbocycles. The summed E-state index contributed by atoms with van der Waals surface area (Å²) < 4.78 is 26.5. The van der Waals surface area contributed by atoms with Gasteiger partial charge in [0.15, 0.2) is 0 Å². The number of carbonyl (C=O) groups excluding carboxylic acids is 2. The number of pyridine rings is 1. The highest BCUT2D eigenvalue weighted by Crippen LogP contribution is 2.34. The van der Waals surface area contributed by atoms with E-state index in [1.165, 1.54) is 23.2 Å². The van der Waals surface area contributed by atoms with Gasteiger partial charge in [0.1, 0.15) is 11.6 Å². The molecule has 0 N–H and O–H groups in total. The molecule has 3 rings (SSSR count). The first kappa shape index (κ1) is 13.4. The van der Waals surface area contributed by atoms with E-state index in [0.717, 1.165) is 12.3 Å². The average Bonchev–Trinajstić information content (AvgIpc) is 2.64. The summed E-state index contributed by atoms with van der Waals surface area (Å²) in [6.07, 6.45) is 2.46. The van der Waals surface area contributed by atoms with Gasteiger partial charge in [-0.1, -0.05) is 0 Å². The normalized spacial score (nSPS) is 13.8. The van der Waals surface area contributed by atoms with Gasteiger partial charge < -0.3 is 4.90 Å². The monoisotopic (exact) mass is 288 g/mol. The zero-order valence-electron chi connectivity index (χ0n) is 11.1. The number of halogens is 2. The van der Waals surface area contributed by atoms with Gasteiger partial charge in [-0.2, -0.15) is 0 Å². The number of aromatic nitrogens is 1. The predicted molar refractivity (Wildman–Crippen MR) is 70.9 cm³/mol. The molecule has 1 aliphatic heterocycles. The first-order valence-corrected chi connectivity index (χ1v) is 6.23. The van der Waals surface area contributed by atoms with Crippen LogP contribution in [0, 0.1) is 18.6 Å². The van der Waals surface area contributed by atoms with Crippen molar-refractivity contribution in [1.82, 2.24) is 4.98 Å². The molecule has 1 aromatic carbocycles. The third kappa shape index (κ3) is 2.18. The molecule has 1 aliphatic rings. The maximum atomic E-state index is 13.4. The quantitative estimate of drug-likeness (QED) is 0.797. The first-order valence-electron chi connectivity index (χ1n) is 6.23. The van der Waals surface area contributed by atoms with Crippen molar-refractivity contribution in [3.8, 4) is 0 Å². The molecule has 1 amide bonds. The van der Waals surface area contributed by atoms with E-state index in [4.69, 9.17) is 0 Å². The number of ketones is 1. The molecule has 0 bridgehead atoms. The molecule has 6 heteroatoms. The molecular weight excluding hydrogens is 278 g/mol. The summed E-state index contributed by atoms with van der Waals surface area (Å²) in [5, 5.41) is 0. The van der Waals surface area contributed by atoms with Crippen molar-refractivity contribution in [1.29, 1.82) is 0 Å². The molecule has 0 radical (unpaired) electrons. The van der Waals surface area contributed by atoms with Crippen molar-refractivity contribution >= 4 is 17.4 Å². The third-order valence-electron chi connectivity index (χ3n) is 3.32. The van der Waals surface area contributed by atoms with Crippen LogP contribution in [-0.2, 0) is 11.3 Å². The van der Waals surface area contributed by atoms with E-state index < -0.39 is 23.3 Å². The Bertz CT molecular complexity index is 774. The van der Waals surface area contributed by atoms with Crippen molar-refractivity contribution in [3.05, 3.63) is 58.9 Å². The van der Waals surface area contributed by atoms with Crippen LogP contribution in [0.5, 0.6) is 0 Å². The van der Waals surface area contributed by atoms with E-state index in [1.54, 1.807) is 6.92 Å². The zero-order valence-corrected chi connectivity index (χ0v) is 11.1. The predicted octanol–water partition coefficient (Wildman–Crippen LogP) is 2.40. The number of fused-ring (bicyclic) bond motifs is 1. The lowest BCUT2D eigenvalue weighted by molar-refractivity contribution is -0.114. The van der Waals surface area contributed by atoms with E-state index >= 15 is 0 Å². The number of carbonyl (C=O) groups is 2. The maximum absolute atomic E-state index is 13.4. The number of aryl methyl sites for hydroxylation is 1. The summed E-state index contributed by atoms with van der Waals surface area (Å²) in [6.45, 7) is 1.62. The molecule has 0 fully saturated rings. The van der Waals surface area contributed by atoms with Gasteiger partial charge in [0.2, 0.25) is 0 Å². The smallest absolute Gasteiger partial charge is 0.299 e. The Morgan fingerprint density at radius 3 is 2.57 bits per heavy atom. The lowest BCUT2D eigenvalue weighted by Gasteiger charge is -2.18. The molecular formula is C15H10F2N2O2. The van der Waals surface area contributed by atoms with Crippen LogP contribution in [0.15, 0.2) is 30.6 Å². The summed E-state index contributed by atoms with van der Waals surface area (Å²) in [5.74, 6) is -2.59. The standard InChI is InChI=1S/C15H10F2N2O2/c1-8-2-10(16)4-12-13(8)19(15(21)14(12)20)7-9-3-11(17)6-18-5-9/h2-6H,7H2,1H3. The molecule has 0 aliphatic carbocycles. The van der Waals surface area contributed by atoms with E-state index in [9.17, 15) is 18.4 Å². The second kappa shape index (κ2) is 4.73. The second-order valence-corrected chi connectivity index (χ2v) is 4.85. The van der Waals surface area contributed by atoms with Crippen molar-refractivity contribution in [2.75, 3.05) is 4.90 Å². The Kier molecular flexibility index (Phi) is 3.01. The maximum Gasteiger partial charge on any atom is 0.299 e. The highest BCUT2D eigenvalue weighted by atomic mass is 19.1. The molecule has 4 nitrogen and oxygen atoms in total. The summed E-state index contributed by atoms with van der Waals surface area (Å²) in [6, 6.07) is 3.54. The third-order valence-corrected chi connectivity index (χ3v) is 3.32. The summed E-state index contributed by atoms with van der Waals surface area (Å²) in [4.78, 5) is 28.9. The van der Waals surface area contributed by atoms with Crippen molar-refractivity contribution < 1.29 is 18.4 Å². The van der Waals surface area contributed by atoms with Crippen LogP contribution in [0.3, 0.4) is 0 Å². The lowest BCUT2D eigenvalue weighted by atomic mass is 10.1. The summed E-state index contributed by atoms with van der Waals surface area (Å²) in [7, 11) is 0. The molecule has 21 heavy (non-hydrogen) atoms. The topological polar surface area (TPSA) is 50.3 Å². The number of Topliss-reactive ketones (excluding diaryl/α,β-unsaturated/α-hetero) is 1. The van der Waals surface area contributed by atoms with Gasteiger partial charge in [0.25, 0.3) is 11.7 Å². The summed E-state index contributed by atoms with van der Waals surface area (Å²) in [5.41, 5.74) is 1.35. The molecule has 0 spiro atoms. The van der Waals surface area contributed by atoms with Gasteiger partial charge in [-0.05, 0) is 36.2 Å². The number of rotatable bonds is 2. The van der Waals surface area contributed by atoms with Gasteiger partial charge in [0, 0.05) is 6.20 Å². The van der Waals surface area contributed by atoms with Gasteiger partial charge in [-0.3, -0.25) is 14.6 Å². The number of amides is 1. The van der Waals surface area contributed by atoms with Crippen molar-refractivity contribution in [3.63, 3.8) is 0 Å². The minimum absolute atomic E-state index is 0.00874. The zero-order chi connectivity index (χ0) is 15.1. The Hall–Kier alpha value is -2.63. The molecule has 1 aromatic heterocycles. The fraction of sp³-hybridized carbons (Fsp3) is 0.133. The largest absolute Gasteiger partial charge is 0.300 e. The van der Waals surface area contributed by atoms with E-state index in [2.05, 4.69) is 4.98 Å². The Morgan fingerprint density at radius 2 is 1.86 bits per heavy atom.